The van der Waals surface area contributed by atoms with Crippen LogP contribution in [-0.2, 0) is 24.0 Å². The molecule has 0 aromatic heterocycles. The molecule has 154 valence electrons. The van der Waals surface area contributed by atoms with Gasteiger partial charge in [0.2, 0.25) is 23.6 Å². The fraction of sp³-hybridized carbons (Fsp3) is 0.643. The number of thiol groups is 1. The molecule has 0 aromatic rings. The minimum absolute atomic E-state index is 0.0170. The van der Waals surface area contributed by atoms with Gasteiger partial charge in [-0.3, -0.25) is 24.0 Å². The highest BCUT2D eigenvalue weighted by Crippen LogP contribution is 1.98. The molecule has 0 aliphatic heterocycles. The normalized spacial score (nSPS) is 15.0. The number of carboxylic acid groups (broad SMARTS) is 1. The molecule has 0 saturated carbocycles. The number of hydrogen-bond acceptors (Lipinski definition) is 8. The molecule has 0 saturated heterocycles. The van der Waals surface area contributed by atoms with Gasteiger partial charge in [-0.2, -0.15) is 12.6 Å². The van der Waals surface area contributed by atoms with Gasteiger partial charge in [0.25, 0.3) is 0 Å². The van der Waals surface area contributed by atoms with Crippen molar-refractivity contribution < 1.29 is 34.2 Å². The molecule has 9 N–H and O–H groups in total. The molecule has 27 heavy (non-hydrogen) atoms. The molecule has 0 radical (unpaired) electrons. The van der Waals surface area contributed by atoms with E-state index in [1.807, 2.05) is 0 Å². The largest absolute Gasteiger partial charge is 0.480 e. The summed E-state index contributed by atoms with van der Waals surface area (Å²) in [6, 6.07) is -4.92. The molecule has 0 bridgehead atoms. The Kier molecular flexibility index (Phi) is 11.0. The van der Waals surface area contributed by atoms with E-state index < -0.39 is 60.4 Å². The van der Waals surface area contributed by atoms with Crippen LogP contribution >= 0.6 is 12.6 Å². The zero-order valence-corrected chi connectivity index (χ0v) is 15.6. The second-order valence-electron chi connectivity index (χ2n) is 5.67. The monoisotopic (exact) mass is 407 g/mol. The van der Waals surface area contributed by atoms with Gasteiger partial charge in [-0.15, -0.1) is 0 Å². The first-order valence-electron chi connectivity index (χ1n) is 7.93. The maximum absolute atomic E-state index is 12.2. The molecule has 4 amide bonds. The van der Waals surface area contributed by atoms with Crippen LogP contribution in [-0.4, -0.2) is 76.3 Å². The second kappa shape index (κ2) is 12.1. The number of amides is 4. The minimum Gasteiger partial charge on any atom is -0.480 e. The number of aliphatic hydroxyl groups excluding tert-OH is 1. The van der Waals surface area contributed by atoms with Crippen molar-refractivity contribution in [3.8, 4) is 0 Å². The zero-order valence-electron chi connectivity index (χ0n) is 14.7. The summed E-state index contributed by atoms with van der Waals surface area (Å²) in [5, 5.41) is 24.6. The fourth-order valence-electron chi connectivity index (χ4n) is 1.74. The topological polar surface area (TPSA) is 214 Å². The molecule has 12 nitrogen and oxygen atoms in total. The number of nitrogens with two attached hydrogens (primary N) is 2. The number of rotatable bonds is 12. The second-order valence-corrected chi connectivity index (χ2v) is 6.03. The van der Waals surface area contributed by atoms with Crippen LogP contribution in [0.3, 0.4) is 0 Å². The highest BCUT2D eigenvalue weighted by molar-refractivity contribution is 7.80. The molecular weight excluding hydrogens is 382 g/mol. The molecule has 0 spiro atoms. The van der Waals surface area contributed by atoms with Gasteiger partial charge >= 0.3 is 5.97 Å². The van der Waals surface area contributed by atoms with Crippen molar-refractivity contribution in [3.05, 3.63) is 0 Å². The van der Waals surface area contributed by atoms with Crippen LogP contribution in [0.2, 0.25) is 0 Å². The number of hydrogen-bond donors (Lipinski definition) is 8. The van der Waals surface area contributed by atoms with Crippen molar-refractivity contribution in [2.45, 2.75) is 43.9 Å². The standard InChI is InChI=1S/C14H25N5O7S/c1-6(14(25)26)17-12(23)8(4-20)18-13(24)9(5-27)19-11(22)7(15)2-3-10(16)21/h6-9,20,27H,2-5,15H2,1H3,(H2,16,21)(H,17,23)(H,18,24)(H,19,22)(H,25,26). The summed E-state index contributed by atoms with van der Waals surface area (Å²) in [5.74, 6) is -4.55. The Balaban J connectivity index is 4.80. The molecule has 13 heteroatoms. The first-order chi connectivity index (χ1) is 12.5. The minimum atomic E-state index is -1.43. The van der Waals surface area contributed by atoms with E-state index in [0.29, 0.717) is 0 Å². The summed E-state index contributed by atoms with van der Waals surface area (Å²) in [6.45, 7) is 0.413. The zero-order chi connectivity index (χ0) is 21.1. The van der Waals surface area contributed by atoms with E-state index in [4.69, 9.17) is 16.6 Å². The van der Waals surface area contributed by atoms with Crippen LogP contribution < -0.4 is 27.4 Å². The molecule has 4 unspecified atom stereocenters. The van der Waals surface area contributed by atoms with E-state index in [1.54, 1.807) is 0 Å². The van der Waals surface area contributed by atoms with E-state index >= 15 is 0 Å². The third-order valence-corrected chi connectivity index (χ3v) is 3.76. The van der Waals surface area contributed by atoms with Crippen molar-refractivity contribution in [1.82, 2.24) is 16.0 Å². The molecule has 0 aliphatic rings. The molecule has 0 aromatic carbocycles. The van der Waals surface area contributed by atoms with Crippen LogP contribution in [0, 0.1) is 0 Å². The van der Waals surface area contributed by atoms with E-state index in [2.05, 4.69) is 28.6 Å². The van der Waals surface area contributed by atoms with Gasteiger partial charge in [0.1, 0.15) is 18.1 Å². The Hall–Kier alpha value is -2.38. The van der Waals surface area contributed by atoms with Gasteiger partial charge in [-0.05, 0) is 13.3 Å². The lowest BCUT2D eigenvalue weighted by Crippen LogP contribution is -2.58. The number of carbonyl (C=O) groups is 5. The Bertz CT molecular complexity index is 574. The van der Waals surface area contributed by atoms with Crippen LogP contribution in [0.5, 0.6) is 0 Å². The first kappa shape index (κ1) is 24.6. The highest BCUT2D eigenvalue weighted by atomic mass is 32.1. The highest BCUT2D eigenvalue weighted by Gasteiger charge is 2.28. The van der Waals surface area contributed by atoms with Gasteiger partial charge in [0, 0.05) is 12.2 Å². The Morgan fingerprint density at radius 2 is 1.52 bits per heavy atom. The van der Waals surface area contributed by atoms with E-state index in [1.165, 1.54) is 6.92 Å². The summed E-state index contributed by atoms with van der Waals surface area (Å²) < 4.78 is 0. The van der Waals surface area contributed by atoms with Crippen molar-refractivity contribution in [2.24, 2.45) is 11.5 Å². The number of nitrogens with one attached hydrogen (secondary N) is 3. The predicted molar refractivity (Wildman–Crippen MR) is 96.4 cm³/mol. The van der Waals surface area contributed by atoms with E-state index in [0.717, 1.165) is 0 Å². The molecule has 0 fully saturated rings. The lowest BCUT2D eigenvalue weighted by molar-refractivity contribution is -0.142. The maximum atomic E-state index is 12.2. The van der Waals surface area contributed by atoms with Crippen LogP contribution in [0.1, 0.15) is 19.8 Å². The predicted octanol–water partition coefficient (Wildman–Crippen LogP) is -3.94. The molecule has 0 aliphatic carbocycles. The van der Waals surface area contributed by atoms with Gasteiger partial charge < -0.3 is 37.6 Å². The lowest BCUT2D eigenvalue weighted by atomic mass is 10.1. The average Bonchev–Trinajstić information content (AvgIpc) is 2.60. The van der Waals surface area contributed by atoms with Gasteiger partial charge in [-0.25, -0.2) is 0 Å². The van der Waals surface area contributed by atoms with Gasteiger partial charge in [0.15, 0.2) is 0 Å². The van der Waals surface area contributed by atoms with Gasteiger partial charge in [-0.1, -0.05) is 0 Å². The Morgan fingerprint density at radius 3 is 1.96 bits per heavy atom. The molecule has 0 rings (SSSR count). The third kappa shape index (κ3) is 9.21. The Labute approximate surface area is 160 Å². The molecule has 0 heterocycles. The summed E-state index contributed by atoms with van der Waals surface area (Å²) in [7, 11) is 0. The van der Waals surface area contributed by atoms with Gasteiger partial charge in [0.05, 0.1) is 12.6 Å². The average molecular weight is 407 g/mol. The lowest BCUT2D eigenvalue weighted by Gasteiger charge is -2.22. The van der Waals surface area contributed by atoms with Crippen molar-refractivity contribution in [1.29, 1.82) is 0 Å². The SMILES string of the molecule is CC(NC(=O)C(CO)NC(=O)C(CS)NC(=O)C(N)CCC(N)=O)C(=O)O. The van der Waals surface area contributed by atoms with Crippen molar-refractivity contribution >= 4 is 42.2 Å². The summed E-state index contributed by atoms with van der Waals surface area (Å²) in [5.41, 5.74) is 10.6. The van der Waals surface area contributed by atoms with Crippen LogP contribution in [0.25, 0.3) is 0 Å². The quantitative estimate of drug-likeness (QED) is 0.149. The van der Waals surface area contributed by atoms with Crippen LogP contribution in [0.15, 0.2) is 0 Å². The number of carbonyl (C=O) groups excluding carboxylic acids is 4. The number of carboxylic acids is 1. The van der Waals surface area contributed by atoms with Crippen molar-refractivity contribution in [3.63, 3.8) is 0 Å². The van der Waals surface area contributed by atoms with E-state index in [-0.39, 0.29) is 18.6 Å². The maximum Gasteiger partial charge on any atom is 0.325 e. The summed E-state index contributed by atoms with van der Waals surface area (Å²) in [4.78, 5) is 57.5. The summed E-state index contributed by atoms with van der Waals surface area (Å²) >= 11 is 3.94. The Morgan fingerprint density at radius 1 is 1.00 bits per heavy atom. The van der Waals surface area contributed by atoms with Crippen LogP contribution in [0.4, 0.5) is 0 Å². The number of primary amides is 1. The fourth-order valence-corrected chi connectivity index (χ4v) is 2.00. The number of aliphatic carboxylic acids is 1. The smallest absolute Gasteiger partial charge is 0.325 e. The molecular formula is C14H25N5O7S. The summed E-state index contributed by atoms with van der Waals surface area (Å²) in [6.07, 6.45) is -0.127. The third-order valence-electron chi connectivity index (χ3n) is 3.40. The van der Waals surface area contributed by atoms with Crippen molar-refractivity contribution in [2.75, 3.05) is 12.4 Å². The molecule has 4 atom stereocenters. The first-order valence-corrected chi connectivity index (χ1v) is 8.56. The van der Waals surface area contributed by atoms with E-state index in [9.17, 15) is 29.1 Å². The number of aliphatic hydroxyl groups is 1.